The number of carbonyl (C=O) groups excluding carboxylic acids is 1. The Bertz CT molecular complexity index is 1340. The molecule has 4 aromatic rings. The second-order valence-corrected chi connectivity index (χ2v) is 8.00. The van der Waals surface area contributed by atoms with Crippen LogP contribution in [0.4, 0.5) is 10.2 Å². The predicted octanol–water partition coefficient (Wildman–Crippen LogP) is 2.67. The molecular weight excluding hydrogens is 463 g/mol. The third-order valence-electron chi connectivity index (χ3n) is 5.28. The van der Waals surface area contributed by atoms with Crippen molar-refractivity contribution in [3.63, 3.8) is 0 Å². The molecule has 1 N–H and O–H groups in total. The molecule has 0 spiro atoms. The molecule has 0 aliphatic heterocycles. The first kappa shape index (κ1) is 24.5. The van der Waals surface area contributed by atoms with E-state index in [-0.39, 0.29) is 42.9 Å². The van der Waals surface area contributed by atoms with E-state index in [2.05, 4.69) is 20.6 Å². The van der Waals surface area contributed by atoms with Crippen LogP contribution in [0.15, 0.2) is 83.7 Å². The molecule has 0 aliphatic carbocycles. The smallest absolute Gasteiger partial charge is 0.266 e. The Morgan fingerprint density at radius 1 is 1.00 bits per heavy atom. The van der Waals surface area contributed by atoms with Crippen molar-refractivity contribution in [1.82, 2.24) is 25.3 Å². The minimum atomic E-state index is -0.360. The number of anilines is 1. The van der Waals surface area contributed by atoms with Gasteiger partial charge in [-0.25, -0.2) is 9.07 Å². The van der Waals surface area contributed by atoms with Gasteiger partial charge in [0, 0.05) is 37.8 Å². The highest BCUT2D eigenvalue weighted by Gasteiger charge is 2.08. The molecule has 2 aromatic carbocycles. The SMILES string of the molecule is CN(Cc1ccc(F)cc1)c1ccc(OCC(=O)NCCn2nc(-c3ccccc3)ccc2=O)nn1. The summed E-state index contributed by atoms with van der Waals surface area (Å²) in [6.45, 7) is 0.724. The van der Waals surface area contributed by atoms with Crippen molar-refractivity contribution in [2.24, 2.45) is 0 Å². The topological polar surface area (TPSA) is 102 Å². The van der Waals surface area contributed by atoms with E-state index < -0.39 is 0 Å². The van der Waals surface area contributed by atoms with Crippen molar-refractivity contribution in [2.75, 3.05) is 25.1 Å². The summed E-state index contributed by atoms with van der Waals surface area (Å²) in [6.07, 6.45) is 0. The maximum Gasteiger partial charge on any atom is 0.266 e. The van der Waals surface area contributed by atoms with Crippen molar-refractivity contribution >= 4 is 11.7 Å². The zero-order chi connectivity index (χ0) is 25.3. The van der Waals surface area contributed by atoms with Crippen LogP contribution < -0.4 is 20.5 Å². The number of nitrogens with one attached hydrogen (secondary N) is 1. The molecule has 9 nitrogen and oxygen atoms in total. The summed E-state index contributed by atoms with van der Waals surface area (Å²) in [5.74, 6) is 0.167. The summed E-state index contributed by atoms with van der Waals surface area (Å²) >= 11 is 0. The monoisotopic (exact) mass is 488 g/mol. The van der Waals surface area contributed by atoms with Gasteiger partial charge in [-0.1, -0.05) is 42.5 Å². The van der Waals surface area contributed by atoms with Crippen LogP contribution in [0.3, 0.4) is 0 Å². The van der Waals surface area contributed by atoms with E-state index in [0.29, 0.717) is 18.1 Å². The Balaban J connectivity index is 1.23. The van der Waals surface area contributed by atoms with Gasteiger partial charge in [0.2, 0.25) is 5.88 Å². The number of rotatable bonds is 10. The van der Waals surface area contributed by atoms with Crippen LogP contribution in [0.5, 0.6) is 5.88 Å². The molecule has 0 saturated carbocycles. The fourth-order valence-corrected chi connectivity index (χ4v) is 3.40. The van der Waals surface area contributed by atoms with Gasteiger partial charge >= 0.3 is 0 Å². The van der Waals surface area contributed by atoms with E-state index in [0.717, 1.165) is 11.1 Å². The number of ether oxygens (including phenoxy) is 1. The highest BCUT2D eigenvalue weighted by Crippen LogP contribution is 2.15. The molecular formula is C26H25FN6O3. The lowest BCUT2D eigenvalue weighted by Gasteiger charge is -2.17. The minimum Gasteiger partial charge on any atom is -0.466 e. The van der Waals surface area contributed by atoms with Gasteiger partial charge in [-0.15, -0.1) is 10.2 Å². The van der Waals surface area contributed by atoms with Crippen LogP contribution in [0.25, 0.3) is 11.3 Å². The number of carbonyl (C=O) groups is 1. The molecule has 184 valence electrons. The second kappa shape index (κ2) is 11.7. The Morgan fingerprint density at radius 3 is 2.50 bits per heavy atom. The van der Waals surface area contributed by atoms with E-state index in [1.165, 1.54) is 22.9 Å². The number of amides is 1. The van der Waals surface area contributed by atoms with E-state index in [1.54, 1.807) is 30.3 Å². The second-order valence-electron chi connectivity index (χ2n) is 8.00. The lowest BCUT2D eigenvalue weighted by Crippen LogP contribution is -2.34. The molecule has 0 aliphatic rings. The lowest BCUT2D eigenvalue weighted by molar-refractivity contribution is -0.123. The van der Waals surface area contributed by atoms with Crippen molar-refractivity contribution < 1.29 is 13.9 Å². The molecule has 4 rings (SSSR count). The van der Waals surface area contributed by atoms with Crippen LogP contribution in [-0.2, 0) is 17.9 Å². The Labute approximate surface area is 207 Å². The molecule has 10 heteroatoms. The third kappa shape index (κ3) is 6.72. The first-order chi connectivity index (χ1) is 17.5. The number of benzene rings is 2. The average molecular weight is 489 g/mol. The first-order valence-corrected chi connectivity index (χ1v) is 11.3. The average Bonchev–Trinajstić information content (AvgIpc) is 2.90. The highest BCUT2D eigenvalue weighted by atomic mass is 19.1. The fourth-order valence-electron chi connectivity index (χ4n) is 3.40. The zero-order valence-electron chi connectivity index (χ0n) is 19.7. The fraction of sp³-hybridized carbons (Fsp3) is 0.192. The summed E-state index contributed by atoms with van der Waals surface area (Å²) in [5.41, 5.74) is 2.26. The highest BCUT2D eigenvalue weighted by molar-refractivity contribution is 5.77. The number of hydrogen-bond donors (Lipinski definition) is 1. The number of aromatic nitrogens is 4. The molecule has 0 bridgehead atoms. The molecule has 1 amide bonds. The molecule has 0 unspecified atom stereocenters. The molecule has 0 fully saturated rings. The number of halogens is 1. The lowest BCUT2D eigenvalue weighted by atomic mass is 10.1. The van der Waals surface area contributed by atoms with Crippen molar-refractivity contribution in [1.29, 1.82) is 0 Å². The van der Waals surface area contributed by atoms with E-state index in [9.17, 15) is 14.0 Å². The van der Waals surface area contributed by atoms with Gasteiger partial charge in [0.05, 0.1) is 12.2 Å². The molecule has 2 heterocycles. The Morgan fingerprint density at radius 2 is 1.78 bits per heavy atom. The molecule has 2 aromatic heterocycles. The van der Waals surface area contributed by atoms with Gasteiger partial charge in [-0.05, 0) is 29.8 Å². The Hall–Kier alpha value is -4.60. The largest absolute Gasteiger partial charge is 0.466 e. The van der Waals surface area contributed by atoms with Crippen molar-refractivity contribution in [2.45, 2.75) is 13.1 Å². The third-order valence-corrected chi connectivity index (χ3v) is 5.28. The quantitative estimate of drug-likeness (QED) is 0.366. The van der Waals surface area contributed by atoms with E-state index in [4.69, 9.17) is 4.74 Å². The first-order valence-electron chi connectivity index (χ1n) is 11.3. The van der Waals surface area contributed by atoms with E-state index in [1.807, 2.05) is 42.3 Å². The van der Waals surface area contributed by atoms with Gasteiger partial charge in [0.25, 0.3) is 11.5 Å². The summed E-state index contributed by atoms with van der Waals surface area (Å²) < 4.78 is 19.8. The maximum atomic E-state index is 13.1. The molecule has 36 heavy (non-hydrogen) atoms. The van der Waals surface area contributed by atoms with Gasteiger partial charge in [-0.2, -0.15) is 5.10 Å². The zero-order valence-corrected chi connectivity index (χ0v) is 19.7. The standard InChI is InChI=1S/C26H25FN6O3/c1-32(17-19-7-9-21(27)10-8-19)23-12-13-25(30-29-23)36-18-24(34)28-15-16-33-26(35)14-11-22(31-33)20-5-3-2-4-6-20/h2-14H,15-18H2,1H3,(H,28,34). The number of hydrogen-bond acceptors (Lipinski definition) is 7. The van der Waals surface area contributed by atoms with Crippen LogP contribution in [0.1, 0.15) is 5.56 Å². The predicted molar refractivity (Wildman–Crippen MR) is 133 cm³/mol. The maximum absolute atomic E-state index is 13.1. The summed E-state index contributed by atoms with van der Waals surface area (Å²) in [6, 6.07) is 22.2. The Kier molecular flexibility index (Phi) is 7.97. The van der Waals surface area contributed by atoms with Crippen LogP contribution in [-0.4, -0.2) is 46.1 Å². The van der Waals surface area contributed by atoms with E-state index >= 15 is 0 Å². The summed E-state index contributed by atoms with van der Waals surface area (Å²) in [4.78, 5) is 26.1. The molecule has 0 saturated heterocycles. The van der Waals surface area contributed by atoms with Crippen LogP contribution in [0, 0.1) is 5.82 Å². The normalized spacial score (nSPS) is 10.6. The summed E-state index contributed by atoms with van der Waals surface area (Å²) in [5, 5.41) is 15.2. The van der Waals surface area contributed by atoms with Gasteiger partial charge in [-0.3, -0.25) is 9.59 Å². The van der Waals surface area contributed by atoms with Gasteiger partial charge in [0.15, 0.2) is 12.4 Å². The summed E-state index contributed by atoms with van der Waals surface area (Å²) in [7, 11) is 1.84. The van der Waals surface area contributed by atoms with Crippen LogP contribution >= 0.6 is 0 Å². The minimum absolute atomic E-state index is 0.206. The van der Waals surface area contributed by atoms with Gasteiger partial charge < -0.3 is 15.0 Å². The van der Waals surface area contributed by atoms with Crippen LogP contribution in [0.2, 0.25) is 0 Å². The van der Waals surface area contributed by atoms with Crippen molar-refractivity contribution in [3.8, 4) is 17.1 Å². The molecule has 0 radical (unpaired) electrons. The van der Waals surface area contributed by atoms with Crippen molar-refractivity contribution in [3.05, 3.63) is 101 Å². The van der Waals surface area contributed by atoms with Gasteiger partial charge in [0.1, 0.15) is 5.82 Å². The molecule has 0 atom stereocenters. The number of nitrogens with zero attached hydrogens (tertiary/aromatic N) is 5.